The molecule has 0 atom stereocenters. The molecule has 1 aliphatic carbocycles. The fourth-order valence-corrected chi connectivity index (χ4v) is 4.11. The van der Waals surface area contributed by atoms with E-state index >= 15 is 0 Å². The molecular formula is C13H10S2. The summed E-state index contributed by atoms with van der Waals surface area (Å²) in [4.78, 5) is 2.78. The van der Waals surface area contributed by atoms with Crippen LogP contribution in [-0.2, 0) is 0 Å². The van der Waals surface area contributed by atoms with Crippen molar-refractivity contribution in [2.75, 3.05) is 0 Å². The second kappa shape index (κ2) is 3.95. The molecule has 0 saturated carbocycles. The number of hydrogen-bond donors (Lipinski definition) is 0. The molecule has 2 heteroatoms. The van der Waals surface area contributed by atoms with Gasteiger partial charge in [0.15, 0.2) is 0 Å². The van der Waals surface area contributed by atoms with Crippen LogP contribution in [0.25, 0.3) is 0 Å². The van der Waals surface area contributed by atoms with Crippen molar-refractivity contribution < 1.29 is 0 Å². The molecule has 0 nitrogen and oxygen atoms in total. The summed E-state index contributed by atoms with van der Waals surface area (Å²) >= 11 is 3.76. The Kier molecular flexibility index (Phi) is 2.47. The third kappa shape index (κ3) is 1.92. The molecule has 0 saturated heterocycles. The molecule has 1 aromatic carbocycles. The van der Waals surface area contributed by atoms with Gasteiger partial charge in [0.25, 0.3) is 0 Å². The van der Waals surface area contributed by atoms with Gasteiger partial charge in [0.1, 0.15) is 0 Å². The summed E-state index contributed by atoms with van der Waals surface area (Å²) in [5, 5.41) is 0. The second-order valence-electron chi connectivity index (χ2n) is 3.48. The molecule has 0 amide bonds. The maximum absolute atomic E-state index is 2.33. The average Bonchev–Trinajstić information content (AvgIpc) is 2.86. The van der Waals surface area contributed by atoms with Gasteiger partial charge in [-0.3, -0.25) is 0 Å². The summed E-state index contributed by atoms with van der Waals surface area (Å²) < 4.78 is 1.40. The number of rotatable bonds is 1. The molecule has 3 rings (SSSR count). The summed E-state index contributed by atoms with van der Waals surface area (Å²) in [6.45, 7) is 0. The highest BCUT2D eigenvalue weighted by Gasteiger charge is 2.17. The van der Waals surface area contributed by atoms with Crippen LogP contribution in [0.4, 0.5) is 0 Å². The van der Waals surface area contributed by atoms with Crippen molar-refractivity contribution >= 4 is 23.5 Å². The lowest BCUT2D eigenvalue weighted by molar-refractivity contribution is 1.09. The summed E-state index contributed by atoms with van der Waals surface area (Å²) in [6.07, 6.45) is 11.0. The standard InChI is InChI=1S/C13H10S2/c1-2-6-10(5-1)9-13-14-11-7-3-4-8-12(11)15-13/h1-10H. The zero-order valence-electron chi connectivity index (χ0n) is 8.09. The molecule has 0 bridgehead atoms. The van der Waals surface area contributed by atoms with Crippen LogP contribution in [-0.4, -0.2) is 0 Å². The first-order valence-electron chi connectivity index (χ1n) is 4.93. The van der Waals surface area contributed by atoms with E-state index in [1.807, 2.05) is 23.5 Å². The number of hydrogen-bond acceptors (Lipinski definition) is 2. The Bertz CT molecular complexity index is 430. The first kappa shape index (κ1) is 9.37. The van der Waals surface area contributed by atoms with Crippen LogP contribution in [0.3, 0.4) is 0 Å². The van der Waals surface area contributed by atoms with Crippen molar-refractivity contribution in [2.24, 2.45) is 5.92 Å². The van der Waals surface area contributed by atoms with Gasteiger partial charge in [-0.1, -0.05) is 66.0 Å². The van der Waals surface area contributed by atoms with E-state index in [-0.39, 0.29) is 0 Å². The fraction of sp³-hybridized carbons (Fsp3) is 0.0769. The van der Waals surface area contributed by atoms with Gasteiger partial charge in [0.2, 0.25) is 0 Å². The van der Waals surface area contributed by atoms with Gasteiger partial charge in [0.05, 0.1) is 0 Å². The Balaban J connectivity index is 1.84. The van der Waals surface area contributed by atoms with E-state index < -0.39 is 0 Å². The Labute approximate surface area is 98.2 Å². The van der Waals surface area contributed by atoms with Crippen LogP contribution >= 0.6 is 23.5 Å². The third-order valence-electron chi connectivity index (χ3n) is 2.38. The van der Waals surface area contributed by atoms with Crippen LogP contribution in [0.15, 0.2) is 68.7 Å². The van der Waals surface area contributed by atoms with Crippen LogP contribution in [0.2, 0.25) is 0 Å². The Morgan fingerprint density at radius 2 is 1.53 bits per heavy atom. The maximum atomic E-state index is 2.33. The smallest absolute Gasteiger partial charge is 0.0468 e. The number of allylic oxidation sites excluding steroid dienone is 5. The first-order valence-corrected chi connectivity index (χ1v) is 6.57. The number of thioether (sulfide) groups is 2. The Morgan fingerprint density at radius 3 is 2.13 bits per heavy atom. The number of fused-ring (bicyclic) bond motifs is 1. The normalized spacial score (nSPS) is 18.5. The van der Waals surface area contributed by atoms with Gasteiger partial charge in [-0.2, -0.15) is 0 Å². The van der Waals surface area contributed by atoms with Gasteiger partial charge >= 0.3 is 0 Å². The fourth-order valence-electron chi connectivity index (χ4n) is 1.64. The minimum Gasteiger partial charge on any atom is -0.0818 e. The monoisotopic (exact) mass is 230 g/mol. The van der Waals surface area contributed by atoms with E-state index in [9.17, 15) is 0 Å². The van der Waals surface area contributed by atoms with E-state index in [0.717, 1.165) is 0 Å². The highest BCUT2D eigenvalue weighted by Crippen LogP contribution is 2.51. The summed E-state index contributed by atoms with van der Waals surface area (Å²) in [7, 11) is 0. The van der Waals surface area contributed by atoms with Crippen molar-refractivity contribution in [2.45, 2.75) is 9.79 Å². The molecule has 0 spiro atoms. The molecule has 2 aliphatic rings. The average molecular weight is 230 g/mol. The zero-order chi connectivity index (χ0) is 10.1. The molecule has 0 unspecified atom stereocenters. The van der Waals surface area contributed by atoms with Gasteiger partial charge in [-0.25, -0.2) is 0 Å². The van der Waals surface area contributed by atoms with Crippen LogP contribution < -0.4 is 0 Å². The maximum Gasteiger partial charge on any atom is 0.0468 e. The zero-order valence-corrected chi connectivity index (χ0v) is 9.72. The van der Waals surface area contributed by atoms with Gasteiger partial charge in [-0.15, -0.1) is 0 Å². The van der Waals surface area contributed by atoms with Crippen molar-refractivity contribution in [3.63, 3.8) is 0 Å². The topological polar surface area (TPSA) is 0 Å². The summed E-state index contributed by atoms with van der Waals surface area (Å²) in [5.41, 5.74) is 0. The lowest BCUT2D eigenvalue weighted by Crippen LogP contribution is -1.80. The summed E-state index contributed by atoms with van der Waals surface area (Å²) in [5.74, 6) is 0.495. The van der Waals surface area contributed by atoms with Gasteiger partial charge in [-0.05, 0) is 12.1 Å². The van der Waals surface area contributed by atoms with Crippen molar-refractivity contribution in [3.8, 4) is 0 Å². The van der Waals surface area contributed by atoms with E-state index in [4.69, 9.17) is 0 Å². The molecule has 0 fully saturated rings. The van der Waals surface area contributed by atoms with Crippen LogP contribution in [0.5, 0.6) is 0 Å². The number of benzene rings is 1. The van der Waals surface area contributed by atoms with Crippen LogP contribution in [0, 0.1) is 5.92 Å². The first-order chi connectivity index (χ1) is 7.42. The lowest BCUT2D eigenvalue weighted by Gasteiger charge is -1.98. The van der Waals surface area contributed by atoms with E-state index in [1.54, 1.807) is 0 Å². The molecule has 15 heavy (non-hydrogen) atoms. The summed E-state index contributed by atoms with van der Waals surface area (Å²) in [6, 6.07) is 8.58. The molecule has 0 N–H and O–H groups in total. The van der Waals surface area contributed by atoms with Gasteiger partial charge < -0.3 is 0 Å². The molecule has 1 heterocycles. The molecule has 0 aromatic heterocycles. The van der Waals surface area contributed by atoms with Crippen molar-refractivity contribution in [3.05, 3.63) is 58.9 Å². The van der Waals surface area contributed by atoms with E-state index in [2.05, 4.69) is 54.6 Å². The Morgan fingerprint density at radius 1 is 0.933 bits per heavy atom. The minimum absolute atomic E-state index is 0.495. The van der Waals surface area contributed by atoms with E-state index in [0.29, 0.717) is 5.92 Å². The predicted octanol–water partition coefficient (Wildman–Crippen LogP) is 4.47. The quantitative estimate of drug-likeness (QED) is 0.698. The lowest BCUT2D eigenvalue weighted by atomic mass is 10.2. The predicted molar refractivity (Wildman–Crippen MR) is 68.0 cm³/mol. The molecule has 1 aromatic rings. The largest absolute Gasteiger partial charge is 0.0818 e. The molecule has 74 valence electrons. The van der Waals surface area contributed by atoms with Gasteiger partial charge in [0, 0.05) is 19.9 Å². The SMILES string of the molecule is C1=CC(C=C2Sc3ccccc3S2)C=C1. The minimum atomic E-state index is 0.495. The molecule has 1 aliphatic heterocycles. The Hall–Kier alpha value is -0.860. The van der Waals surface area contributed by atoms with Crippen LogP contribution in [0.1, 0.15) is 0 Å². The van der Waals surface area contributed by atoms with Crippen molar-refractivity contribution in [1.29, 1.82) is 0 Å². The third-order valence-corrected chi connectivity index (χ3v) is 4.83. The van der Waals surface area contributed by atoms with Crippen molar-refractivity contribution in [1.82, 2.24) is 0 Å². The molecular weight excluding hydrogens is 220 g/mol. The van der Waals surface area contributed by atoms with E-state index in [1.165, 1.54) is 14.0 Å². The second-order valence-corrected chi connectivity index (χ2v) is 5.91. The highest BCUT2D eigenvalue weighted by molar-refractivity contribution is 8.24. The molecule has 0 radical (unpaired) electrons. The highest BCUT2D eigenvalue weighted by atomic mass is 32.2.